The summed E-state index contributed by atoms with van der Waals surface area (Å²) in [6.45, 7) is 3.89. The fourth-order valence-electron chi connectivity index (χ4n) is 3.78. The van der Waals surface area contributed by atoms with Crippen molar-refractivity contribution < 1.29 is 14.3 Å². The van der Waals surface area contributed by atoms with Crippen molar-refractivity contribution in [3.05, 3.63) is 45.1 Å². The van der Waals surface area contributed by atoms with Crippen LogP contribution in [0.25, 0.3) is 0 Å². The molecule has 0 bridgehead atoms. The lowest BCUT2D eigenvalue weighted by molar-refractivity contribution is -0.119. The zero-order valence-corrected chi connectivity index (χ0v) is 16.4. The number of ether oxygens (including phenoxy) is 1. The number of aryl methyl sites for hydroxylation is 3. The van der Waals surface area contributed by atoms with Gasteiger partial charge in [-0.3, -0.25) is 4.79 Å². The predicted molar refractivity (Wildman–Crippen MR) is 108 cm³/mol. The largest absolute Gasteiger partial charge is 0.451 e. The molecule has 0 radical (unpaired) electrons. The van der Waals surface area contributed by atoms with E-state index in [2.05, 4.69) is 16.3 Å². The monoisotopic (exact) mass is 384 g/mol. The van der Waals surface area contributed by atoms with E-state index in [1.165, 1.54) is 40.3 Å². The highest BCUT2D eigenvalue weighted by molar-refractivity contribution is 7.14. The molecule has 5 nitrogen and oxygen atoms in total. The minimum absolute atomic E-state index is 0.269. The van der Waals surface area contributed by atoms with Gasteiger partial charge in [-0.25, -0.2) is 4.79 Å². The van der Waals surface area contributed by atoms with Gasteiger partial charge in [0, 0.05) is 29.3 Å². The number of thiophene rings is 1. The zero-order valence-electron chi connectivity index (χ0n) is 15.5. The molecule has 0 unspecified atom stereocenters. The summed E-state index contributed by atoms with van der Waals surface area (Å²) in [7, 11) is 0. The molecule has 1 aliphatic carbocycles. The summed E-state index contributed by atoms with van der Waals surface area (Å²) in [5.74, 6) is -0.727. The fraction of sp³-hybridized carbons (Fsp3) is 0.429. The third kappa shape index (κ3) is 4.00. The Labute approximate surface area is 163 Å². The van der Waals surface area contributed by atoms with Gasteiger partial charge in [-0.2, -0.15) is 0 Å². The number of hydrogen-bond acceptors (Lipinski definition) is 5. The average molecular weight is 385 g/mol. The number of anilines is 2. The van der Waals surface area contributed by atoms with E-state index in [1.54, 1.807) is 0 Å². The number of rotatable bonds is 5. The SMILES string of the molecule is Cc1cc(N2CCCC2)ccc1NC(=O)COC(=O)c1cc2c(s1)CCC2. The molecule has 1 fully saturated rings. The minimum Gasteiger partial charge on any atom is -0.451 e. The summed E-state index contributed by atoms with van der Waals surface area (Å²) in [5.41, 5.74) is 4.22. The summed E-state index contributed by atoms with van der Waals surface area (Å²) >= 11 is 1.49. The van der Waals surface area contributed by atoms with E-state index in [-0.39, 0.29) is 12.5 Å². The maximum atomic E-state index is 12.2. The second-order valence-electron chi connectivity index (χ2n) is 7.23. The Hall–Kier alpha value is -2.34. The van der Waals surface area contributed by atoms with Crippen LogP contribution in [0, 0.1) is 6.92 Å². The number of hydrogen-bond donors (Lipinski definition) is 1. The summed E-state index contributed by atoms with van der Waals surface area (Å²) in [5, 5.41) is 2.84. The number of benzene rings is 1. The van der Waals surface area contributed by atoms with Crippen LogP contribution in [0.2, 0.25) is 0 Å². The topological polar surface area (TPSA) is 58.6 Å². The van der Waals surface area contributed by atoms with Crippen LogP contribution in [0.3, 0.4) is 0 Å². The molecule has 1 aromatic heterocycles. The molecule has 4 rings (SSSR count). The fourth-order valence-corrected chi connectivity index (χ4v) is 4.93. The van der Waals surface area contributed by atoms with Gasteiger partial charge in [0.05, 0.1) is 0 Å². The van der Waals surface area contributed by atoms with Gasteiger partial charge >= 0.3 is 5.97 Å². The molecule has 2 aliphatic rings. The van der Waals surface area contributed by atoms with Gasteiger partial charge < -0.3 is 15.0 Å². The minimum atomic E-state index is -0.411. The highest BCUT2D eigenvalue weighted by Gasteiger charge is 2.20. The smallest absolute Gasteiger partial charge is 0.348 e. The molecule has 6 heteroatoms. The second-order valence-corrected chi connectivity index (χ2v) is 8.37. The molecule has 27 heavy (non-hydrogen) atoms. The molecule has 2 aromatic rings. The number of esters is 1. The van der Waals surface area contributed by atoms with Gasteiger partial charge in [0.25, 0.3) is 5.91 Å². The zero-order chi connectivity index (χ0) is 18.8. The van der Waals surface area contributed by atoms with Crippen molar-refractivity contribution in [2.24, 2.45) is 0 Å². The first kappa shape index (κ1) is 18.0. The molecule has 1 N–H and O–H groups in total. The Morgan fingerprint density at radius 2 is 1.96 bits per heavy atom. The number of carbonyl (C=O) groups excluding carboxylic acids is 2. The lowest BCUT2D eigenvalue weighted by Crippen LogP contribution is -2.21. The molecule has 0 saturated carbocycles. The van der Waals surface area contributed by atoms with Gasteiger partial charge in [0.1, 0.15) is 4.88 Å². The van der Waals surface area contributed by atoms with E-state index >= 15 is 0 Å². The van der Waals surface area contributed by atoms with Gasteiger partial charge in [-0.1, -0.05) is 0 Å². The van der Waals surface area contributed by atoms with Crippen molar-refractivity contribution in [3.63, 3.8) is 0 Å². The first-order valence-electron chi connectivity index (χ1n) is 9.54. The second kappa shape index (κ2) is 7.72. The highest BCUT2D eigenvalue weighted by Crippen LogP contribution is 2.31. The van der Waals surface area contributed by atoms with E-state index in [0.717, 1.165) is 43.6 Å². The van der Waals surface area contributed by atoms with Crippen LogP contribution >= 0.6 is 11.3 Å². The first-order chi connectivity index (χ1) is 13.1. The van der Waals surface area contributed by atoms with Crippen LogP contribution in [0.1, 0.15) is 44.9 Å². The van der Waals surface area contributed by atoms with E-state index < -0.39 is 5.97 Å². The van der Waals surface area contributed by atoms with Crippen LogP contribution in [0.4, 0.5) is 11.4 Å². The number of nitrogens with zero attached hydrogens (tertiary/aromatic N) is 1. The van der Waals surface area contributed by atoms with Crippen molar-refractivity contribution in [1.29, 1.82) is 0 Å². The quantitative estimate of drug-likeness (QED) is 0.794. The molecular formula is C21H24N2O3S. The molecule has 0 spiro atoms. The van der Waals surface area contributed by atoms with Gasteiger partial charge in [-0.15, -0.1) is 11.3 Å². The highest BCUT2D eigenvalue weighted by atomic mass is 32.1. The third-order valence-corrected chi connectivity index (χ3v) is 6.45. The maximum absolute atomic E-state index is 12.2. The summed E-state index contributed by atoms with van der Waals surface area (Å²) in [4.78, 5) is 28.6. The number of nitrogens with one attached hydrogen (secondary N) is 1. The molecular weight excluding hydrogens is 360 g/mol. The Morgan fingerprint density at radius 1 is 1.15 bits per heavy atom. The lowest BCUT2D eigenvalue weighted by Gasteiger charge is -2.19. The van der Waals surface area contributed by atoms with Gasteiger partial charge in [0.15, 0.2) is 6.61 Å². The van der Waals surface area contributed by atoms with Crippen molar-refractivity contribution in [1.82, 2.24) is 0 Å². The lowest BCUT2D eigenvalue weighted by atomic mass is 10.1. The van der Waals surface area contributed by atoms with E-state index in [1.807, 2.05) is 25.1 Å². The van der Waals surface area contributed by atoms with Crippen molar-refractivity contribution >= 4 is 34.6 Å². The Morgan fingerprint density at radius 3 is 2.70 bits per heavy atom. The Kier molecular flexibility index (Phi) is 5.16. The Balaban J connectivity index is 1.31. The summed E-state index contributed by atoms with van der Waals surface area (Å²) < 4.78 is 5.20. The number of carbonyl (C=O) groups is 2. The normalized spacial score (nSPS) is 15.7. The number of fused-ring (bicyclic) bond motifs is 1. The molecule has 1 aliphatic heterocycles. The molecule has 1 aromatic carbocycles. The van der Waals surface area contributed by atoms with Crippen LogP contribution in [0.15, 0.2) is 24.3 Å². The van der Waals surface area contributed by atoms with E-state index in [4.69, 9.17) is 4.74 Å². The molecule has 1 amide bonds. The molecule has 0 atom stereocenters. The number of amides is 1. The van der Waals surface area contributed by atoms with Crippen molar-refractivity contribution in [3.8, 4) is 0 Å². The van der Waals surface area contributed by atoms with Crippen LogP contribution < -0.4 is 10.2 Å². The molecule has 1 saturated heterocycles. The van der Waals surface area contributed by atoms with Crippen LogP contribution in [0.5, 0.6) is 0 Å². The van der Waals surface area contributed by atoms with Crippen molar-refractivity contribution in [2.75, 3.05) is 29.9 Å². The first-order valence-corrected chi connectivity index (χ1v) is 10.4. The van der Waals surface area contributed by atoms with E-state index in [0.29, 0.717) is 4.88 Å². The Bertz CT molecular complexity index is 847. The van der Waals surface area contributed by atoms with E-state index in [9.17, 15) is 9.59 Å². The standard InChI is InChI=1S/C21H24N2O3S/c1-14-11-16(23-9-2-3-10-23)7-8-17(14)22-20(24)13-26-21(25)19-12-15-5-4-6-18(15)27-19/h7-8,11-12H,2-6,9-10,13H2,1H3,(H,22,24). The third-order valence-electron chi connectivity index (χ3n) is 5.24. The summed E-state index contributed by atoms with van der Waals surface area (Å²) in [6.07, 6.45) is 5.70. The van der Waals surface area contributed by atoms with Crippen molar-refractivity contribution in [2.45, 2.75) is 39.0 Å². The maximum Gasteiger partial charge on any atom is 0.348 e. The predicted octanol–water partition coefficient (Wildman–Crippen LogP) is 3.94. The summed E-state index contributed by atoms with van der Waals surface area (Å²) in [6, 6.07) is 7.97. The van der Waals surface area contributed by atoms with Gasteiger partial charge in [0.2, 0.25) is 0 Å². The van der Waals surface area contributed by atoms with Crippen LogP contribution in [-0.4, -0.2) is 31.6 Å². The van der Waals surface area contributed by atoms with Gasteiger partial charge in [-0.05, 0) is 74.4 Å². The average Bonchev–Trinajstić information content (AvgIpc) is 3.38. The molecule has 2 heterocycles. The van der Waals surface area contributed by atoms with Crippen LogP contribution in [-0.2, 0) is 22.4 Å². The molecule has 142 valence electrons.